The van der Waals surface area contributed by atoms with Crippen molar-refractivity contribution in [2.75, 3.05) is 17.2 Å². The van der Waals surface area contributed by atoms with E-state index in [1.807, 2.05) is 0 Å². The van der Waals surface area contributed by atoms with E-state index in [1.165, 1.54) is 12.3 Å². The third-order valence-electron chi connectivity index (χ3n) is 3.39. The normalized spacial score (nSPS) is 21.1. The second kappa shape index (κ2) is 4.48. The number of aromatic amines is 1. The Kier molecular flexibility index (Phi) is 2.89. The zero-order chi connectivity index (χ0) is 14.3. The molecule has 1 aliphatic heterocycles. The van der Waals surface area contributed by atoms with Gasteiger partial charge in [-0.25, -0.2) is 13.1 Å². The maximum atomic E-state index is 11.5. The molecule has 20 heavy (non-hydrogen) atoms. The van der Waals surface area contributed by atoms with Gasteiger partial charge in [-0.3, -0.25) is 4.79 Å². The first-order chi connectivity index (χ1) is 9.44. The molecule has 106 valence electrons. The van der Waals surface area contributed by atoms with Crippen molar-refractivity contribution in [1.29, 1.82) is 0 Å². The average molecular weight is 294 g/mol. The lowest BCUT2D eigenvalue weighted by molar-refractivity contribution is 0.508. The number of rotatable bonds is 2. The van der Waals surface area contributed by atoms with Gasteiger partial charge in [-0.05, 0) is 12.5 Å². The highest BCUT2D eigenvalue weighted by Crippen LogP contribution is 2.28. The Hall–Kier alpha value is -2.09. The minimum absolute atomic E-state index is 0.0632. The van der Waals surface area contributed by atoms with Crippen LogP contribution in [0.1, 0.15) is 12.5 Å². The van der Waals surface area contributed by atoms with Gasteiger partial charge in [0.25, 0.3) is 0 Å². The van der Waals surface area contributed by atoms with Crippen LogP contribution in [0.25, 0.3) is 11.3 Å². The SMILES string of the molecule is Nc1cc(-c2cc[nH]c(=O)c2)nn1C1CCS(=O)(=O)C1. The third-order valence-corrected chi connectivity index (χ3v) is 5.14. The van der Waals surface area contributed by atoms with Gasteiger partial charge >= 0.3 is 0 Å². The molecule has 2 aromatic heterocycles. The van der Waals surface area contributed by atoms with Gasteiger partial charge in [0.05, 0.1) is 23.2 Å². The Bertz CT molecular complexity index is 806. The molecule has 0 bridgehead atoms. The zero-order valence-electron chi connectivity index (χ0n) is 10.6. The van der Waals surface area contributed by atoms with E-state index in [9.17, 15) is 13.2 Å². The van der Waals surface area contributed by atoms with E-state index in [4.69, 9.17) is 5.73 Å². The summed E-state index contributed by atoms with van der Waals surface area (Å²) in [7, 11) is -2.99. The fourth-order valence-electron chi connectivity index (χ4n) is 2.41. The molecule has 7 nitrogen and oxygen atoms in total. The van der Waals surface area contributed by atoms with Crippen LogP contribution >= 0.6 is 0 Å². The van der Waals surface area contributed by atoms with Crippen LogP contribution in [0.2, 0.25) is 0 Å². The first kappa shape index (κ1) is 12.9. The first-order valence-electron chi connectivity index (χ1n) is 6.19. The van der Waals surface area contributed by atoms with E-state index in [0.717, 1.165) is 0 Å². The Morgan fingerprint density at radius 3 is 2.85 bits per heavy atom. The van der Waals surface area contributed by atoms with E-state index in [2.05, 4.69) is 10.1 Å². The summed E-state index contributed by atoms with van der Waals surface area (Å²) in [4.78, 5) is 13.8. The molecule has 1 saturated heterocycles. The number of anilines is 1. The van der Waals surface area contributed by atoms with Crippen LogP contribution in [0.4, 0.5) is 5.82 Å². The Morgan fingerprint density at radius 1 is 1.40 bits per heavy atom. The summed E-state index contributed by atoms with van der Waals surface area (Å²) in [6.07, 6.45) is 2.05. The Labute approximate surface area is 115 Å². The number of hydrogen-bond acceptors (Lipinski definition) is 5. The third kappa shape index (κ3) is 2.34. The number of sulfone groups is 1. The van der Waals surface area contributed by atoms with Crippen molar-refractivity contribution >= 4 is 15.7 Å². The molecule has 0 spiro atoms. The average Bonchev–Trinajstić information content (AvgIpc) is 2.92. The summed E-state index contributed by atoms with van der Waals surface area (Å²) >= 11 is 0. The monoisotopic (exact) mass is 294 g/mol. The quantitative estimate of drug-likeness (QED) is 0.820. The lowest BCUT2D eigenvalue weighted by Crippen LogP contribution is -2.14. The Morgan fingerprint density at radius 2 is 2.20 bits per heavy atom. The van der Waals surface area contributed by atoms with Gasteiger partial charge in [-0.1, -0.05) is 0 Å². The lowest BCUT2D eigenvalue weighted by atomic mass is 10.2. The van der Waals surface area contributed by atoms with E-state index in [-0.39, 0.29) is 23.1 Å². The van der Waals surface area contributed by atoms with E-state index < -0.39 is 9.84 Å². The molecule has 3 rings (SSSR count). The standard InChI is InChI=1S/C12H14N4O3S/c13-11-6-10(8-1-3-14-12(17)5-8)15-16(11)9-2-4-20(18,19)7-9/h1,3,5-6,9H,2,4,7,13H2,(H,14,17). The molecule has 0 aromatic carbocycles. The smallest absolute Gasteiger partial charge is 0.248 e. The summed E-state index contributed by atoms with van der Waals surface area (Å²) in [6, 6.07) is 4.58. The topological polar surface area (TPSA) is 111 Å². The number of nitrogen functional groups attached to an aromatic ring is 1. The van der Waals surface area contributed by atoms with Crippen molar-refractivity contribution in [3.8, 4) is 11.3 Å². The number of aromatic nitrogens is 3. The molecular formula is C12H14N4O3S. The van der Waals surface area contributed by atoms with Gasteiger partial charge in [-0.15, -0.1) is 0 Å². The molecular weight excluding hydrogens is 280 g/mol. The van der Waals surface area contributed by atoms with Crippen LogP contribution in [0.15, 0.2) is 29.2 Å². The lowest BCUT2D eigenvalue weighted by Gasteiger charge is -2.09. The molecule has 0 amide bonds. The Balaban J connectivity index is 1.98. The maximum absolute atomic E-state index is 11.5. The highest BCUT2D eigenvalue weighted by molar-refractivity contribution is 7.91. The molecule has 0 aliphatic carbocycles. The van der Waals surface area contributed by atoms with Crippen LogP contribution in [0.3, 0.4) is 0 Å². The summed E-state index contributed by atoms with van der Waals surface area (Å²) in [6.45, 7) is 0. The molecule has 3 heterocycles. The summed E-state index contributed by atoms with van der Waals surface area (Å²) in [5, 5.41) is 4.34. The number of nitrogens with one attached hydrogen (secondary N) is 1. The fourth-order valence-corrected chi connectivity index (χ4v) is 4.11. The highest BCUT2D eigenvalue weighted by Gasteiger charge is 2.31. The molecule has 0 radical (unpaired) electrons. The van der Waals surface area contributed by atoms with Crippen LogP contribution in [-0.2, 0) is 9.84 Å². The van der Waals surface area contributed by atoms with Gasteiger partial charge in [0.2, 0.25) is 5.56 Å². The van der Waals surface area contributed by atoms with Gasteiger partial charge in [0.1, 0.15) is 5.82 Å². The molecule has 1 unspecified atom stereocenters. The molecule has 8 heteroatoms. The van der Waals surface area contributed by atoms with Crippen LogP contribution < -0.4 is 11.3 Å². The number of H-pyrrole nitrogens is 1. The largest absolute Gasteiger partial charge is 0.384 e. The number of pyridine rings is 1. The van der Waals surface area contributed by atoms with Crippen LogP contribution in [0.5, 0.6) is 0 Å². The summed E-state index contributed by atoms with van der Waals surface area (Å²) in [5.41, 5.74) is 6.90. The second-order valence-electron chi connectivity index (χ2n) is 4.90. The molecule has 1 atom stereocenters. The fraction of sp³-hybridized carbons (Fsp3) is 0.333. The van der Waals surface area contributed by atoms with Crippen LogP contribution in [0, 0.1) is 0 Å². The zero-order valence-corrected chi connectivity index (χ0v) is 11.4. The van der Waals surface area contributed by atoms with Crippen molar-refractivity contribution in [2.45, 2.75) is 12.5 Å². The van der Waals surface area contributed by atoms with Crippen molar-refractivity contribution < 1.29 is 8.42 Å². The van der Waals surface area contributed by atoms with Crippen LogP contribution in [-0.4, -0.2) is 34.7 Å². The predicted molar refractivity (Wildman–Crippen MR) is 75.0 cm³/mol. The molecule has 3 N–H and O–H groups in total. The summed E-state index contributed by atoms with van der Waals surface area (Å²) in [5.74, 6) is 0.632. The second-order valence-corrected chi connectivity index (χ2v) is 7.13. The molecule has 1 fully saturated rings. The first-order valence-corrected chi connectivity index (χ1v) is 8.01. The van der Waals surface area contributed by atoms with Gasteiger partial charge in [0, 0.05) is 23.9 Å². The minimum atomic E-state index is -2.99. The van der Waals surface area contributed by atoms with Crippen molar-refractivity contribution in [1.82, 2.24) is 14.8 Å². The van der Waals surface area contributed by atoms with E-state index >= 15 is 0 Å². The molecule has 0 saturated carbocycles. The predicted octanol–water partition coefficient (Wildman–Crippen LogP) is 0.180. The van der Waals surface area contributed by atoms with Crippen molar-refractivity contribution in [3.05, 3.63) is 34.7 Å². The number of hydrogen-bond donors (Lipinski definition) is 2. The maximum Gasteiger partial charge on any atom is 0.248 e. The van der Waals surface area contributed by atoms with Gasteiger partial charge in [-0.2, -0.15) is 5.10 Å². The van der Waals surface area contributed by atoms with Crippen molar-refractivity contribution in [3.63, 3.8) is 0 Å². The highest BCUT2D eigenvalue weighted by atomic mass is 32.2. The van der Waals surface area contributed by atoms with Gasteiger partial charge < -0.3 is 10.7 Å². The molecule has 2 aromatic rings. The van der Waals surface area contributed by atoms with E-state index in [1.54, 1.807) is 16.8 Å². The number of nitrogens with zero attached hydrogens (tertiary/aromatic N) is 2. The van der Waals surface area contributed by atoms with Crippen molar-refractivity contribution in [2.24, 2.45) is 0 Å². The molecule has 1 aliphatic rings. The minimum Gasteiger partial charge on any atom is -0.384 e. The van der Waals surface area contributed by atoms with E-state index in [0.29, 0.717) is 23.5 Å². The van der Waals surface area contributed by atoms with Gasteiger partial charge in [0.15, 0.2) is 9.84 Å². The number of nitrogens with two attached hydrogens (primary N) is 1. The summed E-state index contributed by atoms with van der Waals surface area (Å²) < 4.78 is 24.6.